The van der Waals surface area contributed by atoms with Crippen LogP contribution in [0.3, 0.4) is 0 Å². The number of rotatable bonds is 5. The molecule has 0 aliphatic carbocycles. The molecular formula is C17H21FN2. The highest BCUT2D eigenvalue weighted by atomic mass is 19.1. The summed E-state index contributed by atoms with van der Waals surface area (Å²) in [5, 5.41) is 0. The van der Waals surface area contributed by atoms with Crippen LogP contribution in [0.1, 0.15) is 16.7 Å². The fourth-order valence-corrected chi connectivity index (χ4v) is 2.41. The second-order valence-electron chi connectivity index (χ2n) is 5.09. The predicted molar refractivity (Wildman–Crippen MR) is 82.4 cm³/mol. The summed E-state index contributed by atoms with van der Waals surface area (Å²) >= 11 is 0. The summed E-state index contributed by atoms with van der Waals surface area (Å²) in [4.78, 5) is 2.15. The van der Waals surface area contributed by atoms with Crippen molar-refractivity contribution in [2.75, 3.05) is 18.5 Å². The monoisotopic (exact) mass is 272 g/mol. The largest absolute Gasteiger partial charge is 0.370 e. The van der Waals surface area contributed by atoms with Crippen LogP contribution >= 0.6 is 0 Å². The van der Waals surface area contributed by atoms with Crippen molar-refractivity contribution in [1.29, 1.82) is 0 Å². The van der Waals surface area contributed by atoms with Gasteiger partial charge < -0.3 is 10.6 Å². The fourth-order valence-electron chi connectivity index (χ4n) is 2.41. The molecule has 0 aromatic heterocycles. The van der Waals surface area contributed by atoms with Gasteiger partial charge in [0.2, 0.25) is 0 Å². The second kappa shape index (κ2) is 6.53. The van der Waals surface area contributed by atoms with Crippen molar-refractivity contribution in [2.45, 2.75) is 19.9 Å². The lowest BCUT2D eigenvalue weighted by molar-refractivity contribution is 0.625. The van der Waals surface area contributed by atoms with Crippen LogP contribution < -0.4 is 10.6 Å². The van der Waals surface area contributed by atoms with E-state index in [4.69, 9.17) is 5.73 Å². The van der Waals surface area contributed by atoms with E-state index in [-0.39, 0.29) is 5.82 Å². The standard InChI is InChI=1S/C17H21FN2/c1-13-5-3-4-6-15(13)12-20(2)17-8-7-16(18)11-14(17)9-10-19/h3-8,11H,9-10,12,19H2,1-2H3. The first-order chi connectivity index (χ1) is 9.61. The van der Waals surface area contributed by atoms with Crippen molar-refractivity contribution in [3.63, 3.8) is 0 Å². The molecule has 0 amide bonds. The average molecular weight is 272 g/mol. The van der Waals surface area contributed by atoms with Gasteiger partial charge in [-0.3, -0.25) is 0 Å². The van der Waals surface area contributed by atoms with Gasteiger partial charge in [-0.1, -0.05) is 24.3 Å². The molecule has 2 nitrogen and oxygen atoms in total. The molecule has 0 heterocycles. The van der Waals surface area contributed by atoms with E-state index < -0.39 is 0 Å². The first-order valence-corrected chi connectivity index (χ1v) is 6.86. The highest BCUT2D eigenvalue weighted by Crippen LogP contribution is 2.23. The topological polar surface area (TPSA) is 29.3 Å². The molecule has 0 bridgehead atoms. The normalized spacial score (nSPS) is 10.6. The zero-order chi connectivity index (χ0) is 14.5. The molecule has 0 aliphatic heterocycles. The minimum absolute atomic E-state index is 0.207. The Morgan fingerprint density at radius 1 is 1.10 bits per heavy atom. The van der Waals surface area contributed by atoms with E-state index >= 15 is 0 Å². The molecule has 0 saturated heterocycles. The number of hydrogen-bond donors (Lipinski definition) is 1. The molecule has 2 N–H and O–H groups in total. The lowest BCUT2D eigenvalue weighted by atomic mass is 10.1. The van der Waals surface area contributed by atoms with Gasteiger partial charge in [0.25, 0.3) is 0 Å². The van der Waals surface area contributed by atoms with Crippen LogP contribution in [-0.2, 0) is 13.0 Å². The molecule has 3 heteroatoms. The summed E-state index contributed by atoms with van der Waals surface area (Å²) in [7, 11) is 2.03. The first kappa shape index (κ1) is 14.5. The number of aryl methyl sites for hydroxylation is 1. The molecule has 0 spiro atoms. The van der Waals surface area contributed by atoms with Crippen LogP contribution in [-0.4, -0.2) is 13.6 Å². The maximum atomic E-state index is 13.4. The number of benzene rings is 2. The van der Waals surface area contributed by atoms with Crippen molar-refractivity contribution >= 4 is 5.69 Å². The molecule has 2 rings (SSSR count). The van der Waals surface area contributed by atoms with Gasteiger partial charge in [-0.25, -0.2) is 4.39 Å². The summed E-state index contributed by atoms with van der Waals surface area (Å²) in [5.74, 6) is -0.207. The van der Waals surface area contributed by atoms with E-state index in [9.17, 15) is 4.39 Å². The van der Waals surface area contributed by atoms with E-state index in [1.807, 2.05) is 25.2 Å². The SMILES string of the molecule is Cc1ccccc1CN(C)c1ccc(F)cc1CCN. The fraction of sp³-hybridized carbons (Fsp3) is 0.294. The van der Waals surface area contributed by atoms with Gasteiger partial charge in [0, 0.05) is 19.3 Å². The summed E-state index contributed by atoms with van der Waals surface area (Å²) in [6.45, 7) is 3.43. The zero-order valence-corrected chi connectivity index (χ0v) is 12.1. The van der Waals surface area contributed by atoms with Crippen LogP contribution in [0.15, 0.2) is 42.5 Å². The minimum Gasteiger partial charge on any atom is -0.370 e. The lowest BCUT2D eigenvalue weighted by Crippen LogP contribution is -2.19. The van der Waals surface area contributed by atoms with Crippen molar-refractivity contribution < 1.29 is 4.39 Å². The van der Waals surface area contributed by atoms with Crippen LogP contribution in [0.25, 0.3) is 0 Å². The Morgan fingerprint density at radius 3 is 2.55 bits per heavy atom. The Kier molecular flexibility index (Phi) is 4.74. The summed E-state index contributed by atoms with van der Waals surface area (Å²) in [5.41, 5.74) is 10.2. The second-order valence-corrected chi connectivity index (χ2v) is 5.09. The third-order valence-electron chi connectivity index (χ3n) is 3.54. The van der Waals surface area contributed by atoms with Crippen LogP contribution in [0.5, 0.6) is 0 Å². The molecule has 0 saturated carbocycles. The number of hydrogen-bond acceptors (Lipinski definition) is 2. The Bertz CT molecular complexity index is 581. The molecule has 0 unspecified atom stereocenters. The van der Waals surface area contributed by atoms with Gasteiger partial charge >= 0.3 is 0 Å². The number of anilines is 1. The third kappa shape index (κ3) is 3.36. The van der Waals surface area contributed by atoms with Gasteiger partial charge in [0.15, 0.2) is 0 Å². The molecule has 0 atom stereocenters. The van der Waals surface area contributed by atoms with Gasteiger partial charge in [0.1, 0.15) is 5.82 Å². The maximum Gasteiger partial charge on any atom is 0.123 e. The zero-order valence-electron chi connectivity index (χ0n) is 12.1. The van der Waals surface area contributed by atoms with E-state index in [1.165, 1.54) is 17.2 Å². The quantitative estimate of drug-likeness (QED) is 0.905. The van der Waals surface area contributed by atoms with Gasteiger partial charge in [-0.05, 0) is 54.8 Å². The van der Waals surface area contributed by atoms with Gasteiger partial charge in [0.05, 0.1) is 0 Å². The molecular weight excluding hydrogens is 251 g/mol. The summed E-state index contributed by atoms with van der Waals surface area (Å²) in [6.07, 6.45) is 0.686. The molecule has 20 heavy (non-hydrogen) atoms. The number of halogens is 1. The number of nitrogens with zero attached hydrogens (tertiary/aromatic N) is 1. The van der Waals surface area contributed by atoms with Crippen molar-refractivity contribution in [1.82, 2.24) is 0 Å². The van der Waals surface area contributed by atoms with Gasteiger partial charge in [-0.2, -0.15) is 0 Å². The first-order valence-electron chi connectivity index (χ1n) is 6.86. The smallest absolute Gasteiger partial charge is 0.123 e. The molecule has 2 aromatic carbocycles. The summed E-state index contributed by atoms with van der Waals surface area (Å²) in [6, 6.07) is 13.2. The highest BCUT2D eigenvalue weighted by molar-refractivity contribution is 5.54. The number of nitrogens with two attached hydrogens (primary N) is 1. The summed E-state index contributed by atoms with van der Waals surface area (Å²) < 4.78 is 13.4. The van der Waals surface area contributed by atoms with Crippen LogP contribution in [0.2, 0.25) is 0 Å². The average Bonchev–Trinajstić information content (AvgIpc) is 2.42. The van der Waals surface area contributed by atoms with Gasteiger partial charge in [-0.15, -0.1) is 0 Å². The molecule has 0 aliphatic rings. The van der Waals surface area contributed by atoms with E-state index in [0.29, 0.717) is 13.0 Å². The molecule has 2 aromatic rings. The molecule has 106 valence electrons. The predicted octanol–water partition coefficient (Wildman–Crippen LogP) is 3.27. The van der Waals surface area contributed by atoms with Crippen molar-refractivity contribution in [3.8, 4) is 0 Å². The maximum absolute atomic E-state index is 13.4. The Labute approximate surface area is 120 Å². The van der Waals surface area contributed by atoms with E-state index in [0.717, 1.165) is 17.8 Å². The highest BCUT2D eigenvalue weighted by Gasteiger charge is 2.09. The van der Waals surface area contributed by atoms with E-state index in [1.54, 1.807) is 6.07 Å². The van der Waals surface area contributed by atoms with Crippen LogP contribution in [0, 0.1) is 12.7 Å². The Balaban J connectivity index is 2.25. The molecule has 0 radical (unpaired) electrons. The third-order valence-corrected chi connectivity index (χ3v) is 3.54. The lowest BCUT2D eigenvalue weighted by Gasteiger charge is -2.23. The molecule has 0 fully saturated rings. The minimum atomic E-state index is -0.207. The Hall–Kier alpha value is -1.87. The Morgan fingerprint density at radius 2 is 1.85 bits per heavy atom. The van der Waals surface area contributed by atoms with Crippen molar-refractivity contribution in [2.24, 2.45) is 5.73 Å². The van der Waals surface area contributed by atoms with E-state index in [2.05, 4.69) is 24.0 Å². The van der Waals surface area contributed by atoms with Crippen molar-refractivity contribution in [3.05, 3.63) is 65.0 Å². The van der Waals surface area contributed by atoms with Crippen LogP contribution in [0.4, 0.5) is 10.1 Å².